The summed E-state index contributed by atoms with van der Waals surface area (Å²) in [6.07, 6.45) is -0.605. The van der Waals surface area contributed by atoms with Crippen LogP contribution in [0.15, 0.2) is 20.8 Å². The van der Waals surface area contributed by atoms with Gasteiger partial charge in [-0.25, -0.2) is 9.18 Å². The molecule has 2 aromatic heterocycles. The molecule has 2 saturated heterocycles. The zero-order chi connectivity index (χ0) is 25.5. The van der Waals surface area contributed by atoms with Crippen LogP contribution in [0.4, 0.5) is 14.9 Å². The number of rotatable bonds is 2. The maximum absolute atomic E-state index is 16.2. The number of urea groups is 1. The van der Waals surface area contributed by atoms with Crippen LogP contribution in [0.25, 0.3) is 16.8 Å². The lowest BCUT2D eigenvalue weighted by molar-refractivity contribution is -0.153. The fraction of sp³-hybridized carbons (Fsp3) is 0.435. The molecule has 6 rings (SSSR count). The number of amides is 4. The van der Waals surface area contributed by atoms with Gasteiger partial charge in [0.1, 0.15) is 0 Å². The Balaban J connectivity index is 1.62. The summed E-state index contributed by atoms with van der Waals surface area (Å²) in [7, 11) is 0. The Morgan fingerprint density at radius 1 is 1.22 bits per heavy atom. The molecule has 3 aliphatic heterocycles. The number of aromatic nitrogens is 2. The van der Waals surface area contributed by atoms with Crippen molar-refractivity contribution in [3.63, 3.8) is 0 Å². The minimum atomic E-state index is -1.74. The van der Waals surface area contributed by atoms with E-state index in [9.17, 15) is 19.2 Å². The SMILES string of the molecule is CCc1csc(=O)n1-c1noc2c(F)c3c(cc12)CC1(C(=O)NC(=O)NC1=O)[C@H]1[C@H](C)O[C@H](C)CN31. The van der Waals surface area contributed by atoms with Crippen molar-refractivity contribution < 1.29 is 28.0 Å². The van der Waals surface area contributed by atoms with Crippen LogP contribution in [0, 0.1) is 11.2 Å². The summed E-state index contributed by atoms with van der Waals surface area (Å²) < 4.78 is 28.9. The molecule has 0 bridgehead atoms. The standard InChI is InChI=1S/C23H22FN5O6S/c1-4-12-8-36-22(33)29(12)18-13-5-11-6-23(19(30)25-21(32)26-20(23)31)17-10(3)34-9(2)7-28(17)15(11)14(24)16(13)35-27-18/h5,8-10,17H,4,6-7H2,1-3H3,(H2,25,26,30,31,32)/t9-,10+,17-/m1/s1. The Bertz CT molecular complexity index is 1500. The second kappa shape index (κ2) is 7.71. The molecule has 1 aromatic carbocycles. The number of imide groups is 2. The number of nitrogens with one attached hydrogen (secondary N) is 2. The summed E-state index contributed by atoms with van der Waals surface area (Å²) in [5.74, 6) is -2.09. The Morgan fingerprint density at radius 2 is 1.94 bits per heavy atom. The zero-order valence-corrected chi connectivity index (χ0v) is 20.4. The molecule has 3 aliphatic rings. The molecule has 3 atom stereocenters. The second-order valence-corrected chi connectivity index (χ2v) is 10.2. The van der Waals surface area contributed by atoms with Gasteiger partial charge in [-0.15, -0.1) is 0 Å². The molecule has 2 N–H and O–H groups in total. The van der Waals surface area contributed by atoms with Crippen molar-refractivity contribution in [3.05, 3.63) is 38.2 Å². The van der Waals surface area contributed by atoms with Crippen LogP contribution in [-0.4, -0.2) is 52.4 Å². The molecule has 13 heteroatoms. The number of hydrogen-bond acceptors (Lipinski definition) is 9. The zero-order valence-electron chi connectivity index (χ0n) is 19.6. The highest BCUT2D eigenvalue weighted by Gasteiger charge is 2.63. The fourth-order valence-corrected chi connectivity index (χ4v) is 6.72. The topological polar surface area (TPSA) is 136 Å². The van der Waals surface area contributed by atoms with E-state index < -0.39 is 41.2 Å². The van der Waals surface area contributed by atoms with E-state index in [1.807, 2.05) is 13.8 Å². The third kappa shape index (κ3) is 2.89. The van der Waals surface area contributed by atoms with Crippen LogP contribution >= 0.6 is 11.3 Å². The lowest BCUT2D eigenvalue weighted by atomic mass is 9.66. The number of anilines is 1. The number of morpholine rings is 1. The smallest absolute Gasteiger partial charge is 0.328 e. The van der Waals surface area contributed by atoms with Gasteiger partial charge in [-0.1, -0.05) is 23.4 Å². The Hall–Kier alpha value is -3.58. The number of carbonyl (C=O) groups is 3. The van der Waals surface area contributed by atoms with Crippen molar-refractivity contribution in [1.29, 1.82) is 0 Å². The fourth-order valence-electron chi connectivity index (χ4n) is 5.90. The molecule has 1 spiro atoms. The van der Waals surface area contributed by atoms with Crippen molar-refractivity contribution in [2.45, 2.75) is 51.9 Å². The van der Waals surface area contributed by atoms with Crippen LogP contribution < -0.4 is 20.4 Å². The minimum Gasteiger partial charge on any atom is -0.372 e. The van der Waals surface area contributed by atoms with Crippen molar-refractivity contribution in [2.75, 3.05) is 11.4 Å². The molecular formula is C23H22FN5O6S. The third-order valence-electron chi connectivity index (χ3n) is 7.29. The van der Waals surface area contributed by atoms with Crippen LogP contribution in [-0.2, 0) is 27.2 Å². The normalized spacial score (nSPS) is 25.1. The summed E-state index contributed by atoms with van der Waals surface area (Å²) in [5.41, 5.74) is -0.629. The predicted octanol–water partition coefficient (Wildman–Crippen LogP) is 1.63. The van der Waals surface area contributed by atoms with Gasteiger partial charge in [0.2, 0.25) is 17.4 Å². The summed E-state index contributed by atoms with van der Waals surface area (Å²) in [6.45, 7) is 5.62. The highest BCUT2D eigenvalue weighted by Crippen LogP contribution is 2.49. The van der Waals surface area contributed by atoms with Crippen molar-refractivity contribution >= 4 is 45.8 Å². The summed E-state index contributed by atoms with van der Waals surface area (Å²) in [5, 5.41) is 10.4. The van der Waals surface area contributed by atoms with E-state index in [2.05, 4.69) is 15.8 Å². The number of benzene rings is 1. The number of nitrogens with zero attached hydrogens (tertiary/aromatic N) is 3. The number of fused-ring (bicyclic) bond motifs is 5. The summed E-state index contributed by atoms with van der Waals surface area (Å²) in [6, 6.07) is -0.171. The van der Waals surface area contributed by atoms with E-state index in [0.717, 1.165) is 11.3 Å². The minimum absolute atomic E-state index is 0.127. The molecule has 36 heavy (non-hydrogen) atoms. The van der Waals surface area contributed by atoms with Gasteiger partial charge in [0.05, 0.1) is 29.3 Å². The summed E-state index contributed by atoms with van der Waals surface area (Å²) >= 11 is 1.00. The molecule has 3 aromatic rings. The molecule has 0 unspecified atom stereocenters. The number of barbiturate groups is 1. The van der Waals surface area contributed by atoms with Crippen LogP contribution in [0.3, 0.4) is 0 Å². The first-order valence-electron chi connectivity index (χ1n) is 11.6. The molecule has 0 radical (unpaired) electrons. The molecule has 0 aliphatic carbocycles. The van der Waals surface area contributed by atoms with Crippen LogP contribution in [0.5, 0.6) is 0 Å². The van der Waals surface area contributed by atoms with Gasteiger partial charge < -0.3 is 14.2 Å². The first kappa shape index (κ1) is 22.9. The van der Waals surface area contributed by atoms with Crippen molar-refractivity contribution in [1.82, 2.24) is 20.4 Å². The molecule has 0 saturated carbocycles. The van der Waals surface area contributed by atoms with Gasteiger partial charge in [0.15, 0.2) is 17.1 Å². The molecular weight excluding hydrogens is 493 g/mol. The maximum Gasteiger partial charge on any atom is 0.328 e. The van der Waals surface area contributed by atoms with Crippen LogP contribution in [0.1, 0.15) is 32.0 Å². The third-order valence-corrected chi connectivity index (χ3v) is 8.06. The first-order chi connectivity index (χ1) is 17.2. The average molecular weight is 516 g/mol. The van der Waals surface area contributed by atoms with Crippen LogP contribution in [0.2, 0.25) is 0 Å². The second-order valence-electron chi connectivity index (χ2n) is 9.40. The molecule has 188 valence electrons. The van der Waals surface area contributed by atoms with Gasteiger partial charge in [-0.05, 0) is 31.9 Å². The van der Waals surface area contributed by atoms with Gasteiger partial charge in [-0.2, -0.15) is 0 Å². The van der Waals surface area contributed by atoms with E-state index in [4.69, 9.17) is 9.26 Å². The number of thiazole rings is 1. The number of hydrogen-bond donors (Lipinski definition) is 2. The lowest BCUT2D eigenvalue weighted by Gasteiger charge is -2.55. The molecule has 2 fully saturated rings. The average Bonchev–Trinajstić information content (AvgIpc) is 3.39. The van der Waals surface area contributed by atoms with E-state index >= 15 is 4.39 Å². The quantitative estimate of drug-likeness (QED) is 0.492. The molecule has 11 nitrogen and oxygen atoms in total. The highest BCUT2D eigenvalue weighted by molar-refractivity contribution is 7.07. The lowest BCUT2D eigenvalue weighted by Crippen LogP contribution is -2.75. The maximum atomic E-state index is 16.2. The summed E-state index contributed by atoms with van der Waals surface area (Å²) in [4.78, 5) is 52.5. The monoisotopic (exact) mass is 515 g/mol. The number of ether oxygens (including phenoxy) is 1. The van der Waals surface area contributed by atoms with Crippen molar-refractivity contribution in [2.24, 2.45) is 5.41 Å². The molecule has 4 amide bonds. The Morgan fingerprint density at radius 3 is 2.64 bits per heavy atom. The largest absolute Gasteiger partial charge is 0.372 e. The van der Waals surface area contributed by atoms with Gasteiger partial charge in [0, 0.05) is 24.0 Å². The number of carbonyl (C=O) groups excluding carboxylic acids is 3. The Kier molecular flexibility index (Phi) is 4.89. The predicted molar refractivity (Wildman–Crippen MR) is 126 cm³/mol. The van der Waals surface area contributed by atoms with Gasteiger partial charge in [-0.3, -0.25) is 29.6 Å². The van der Waals surface area contributed by atoms with Gasteiger partial charge in [0.25, 0.3) is 0 Å². The number of halogens is 1. The Labute approximate surface area is 207 Å². The molecule has 5 heterocycles. The number of aryl methyl sites for hydroxylation is 1. The van der Waals surface area contributed by atoms with E-state index in [1.54, 1.807) is 23.3 Å². The van der Waals surface area contributed by atoms with Gasteiger partial charge >= 0.3 is 10.9 Å². The first-order valence-corrected chi connectivity index (χ1v) is 12.4. The van der Waals surface area contributed by atoms with E-state index in [-0.39, 0.29) is 46.4 Å². The van der Waals surface area contributed by atoms with E-state index in [1.165, 1.54) is 4.57 Å². The van der Waals surface area contributed by atoms with Crippen molar-refractivity contribution in [3.8, 4) is 5.82 Å². The highest BCUT2D eigenvalue weighted by atomic mass is 32.1. The van der Waals surface area contributed by atoms with E-state index in [0.29, 0.717) is 17.7 Å².